The van der Waals surface area contributed by atoms with E-state index in [1.165, 1.54) is 25.7 Å². The summed E-state index contributed by atoms with van der Waals surface area (Å²) < 4.78 is 5.68. The molecule has 1 atom stereocenters. The summed E-state index contributed by atoms with van der Waals surface area (Å²) >= 11 is 0. The van der Waals surface area contributed by atoms with Crippen LogP contribution in [-0.2, 0) is 4.74 Å². The average molecular weight is 223 g/mol. The summed E-state index contributed by atoms with van der Waals surface area (Å²) in [6.07, 6.45) is 9.62. The third-order valence-electron chi connectivity index (χ3n) is 4.18. The highest BCUT2D eigenvalue weighted by Crippen LogP contribution is 2.40. The van der Waals surface area contributed by atoms with E-state index in [4.69, 9.17) is 10.5 Å². The summed E-state index contributed by atoms with van der Waals surface area (Å²) in [5, 5.41) is 0. The molecule has 2 rings (SSSR count). The molecule has 16 heavy (non-hydrogen) atoms. The topological polar surface area (TPSA) is 35.2 Å². The lowest BCUT2D eigenvalue weighted by Gasteiger charge is -2.37. The minimum Gasteiger partial charge on any atom is -0.497 e. The number of hydrogen-bond donors (Lipinski definition) is 1. The first-order chi connectivity index (χ1) is 7.58. The van der Waals surface area contributed by atoms with Gasteiger partial charge in [-0.3, -0.25) is 0 Å². The van der Waals surface area contributed by atoms with Gasteiger partial charge in [0.2, 0.25) is 0 Å². The van der Waals surface area contributed by atoms with E-state index in [0.29, 0.717) is 11.3 Å². The third kappa shape index (κ3) is 2.79. The largest absolute Gasteiger partial charge is 0.497 e. The molecular weight excluding hydrogens is 198 g/mol. The van der Waals surface area contributed by atoms with Crippen molar-refractivity contribution in [2.45, 2.75) is 58.4 Å². The van der Waals surface area contributed by atoms with Crippen molar-refractivity contribution in [1.29, 1.82) is 0 Å². The van der Waals surface area contributed by atoms with Gasteiger partial charge in [-0.2, -0.15) is 0 Å². The number of ether oxygens (including phenoxy) is 1. The van der Waals surface area contributed by atoms with Crippen LogP contribution in [0.2, 0.25) is 0 Å². The lowest BCUT2D eigenvalue weighted by molar-refractivity contribution is 0.128. The van der Waals surface area contributed by atoms with Gasteiger partial charge in [0.1, 0.15) is 5.76 Å². The Balaban J connectivity index is 1.91. The fourth-order valence-corrected chi connectivity index (χ4v) is 2.82. The van der Waals surface area contributed by atoms with Crippen molar-refractivity contribution in [1.82, 2.24) is 0 Å². The predicted molar refractivity (Wildman–Crippen MR) is 67.0 cm³/mol. The molecular formula is C14H25NO. The van der Waals surface area contributed by atoms with E-state index in [0.717, 1.165) is 25.2 Å². The van der Waals surface area contributed by atoms with Crippen molar-refractivity contribution in [2.75, 3.05) is 6.61 Å². The second kappa shape index (κ2) is 4.79. The second-order valence-electron chi connectivity index (χ2n) is 6.12. The molecule has 2 heteroatoms. The standard InChI is InChI=1S/C14H25NO/c1-14(2)8-6-11(7-9-14)13(15)12-5-3-4-10-16-12/h5,11,13H,3-4,6-10,15H2,1-2H3. The van der Waals surface area contributed by atoms with Crippen LogP contribution in [0.3, 0.4) is 0 Å². The Bertz CT molecular complexity index is 260. The number of rotatable bonds is 2. The van der Waals surface area contributed by atoms with Crippen LogP contribution in [0.5, 0.6) is 0 Å². The average Bonchev–Trinajstić information content (AvgIpc) is 2.29. The highest BCUT2D eigenvalue weighted by molar-refractivity contribution is 5.07. The van der Waals surface area contributed by atoms with Gasteiger partial charge in [-0.25, -0.2) is 0 Å². The van der Waals surface area contributed by atoms with Crippen LogP contribution < -0.4 is 5.73 Å². The van der Waals surface area contributed by atoms with Crippen molar-refractivity contribution >= 4 is 0 Å². The van der Waals surface area contributed by atoms with Crippen LogP contribution in [0.15, 0.2) is 11.8 Å². The SMILES string of the molecule is CC1(C)CCC(C(N)C2=CCCCO2)CC1. The Morgan fingerprint density at radius 1 is 1.38 bits per heavy atom. The Hall–Kier alpha value is -0.500. The van der Waals surface area contributed by atoms with Gasteiger partial charge in [-0.05, 0) is 55.9 Å². The smallest absolute Gasteiger partial charge is 0.109 e. The van der Waals surface area contributed by atoms with E-state index in [9.17, 15) is 0 Å². The quantitative estimate of drug-likeness (QED) is 0.780. The highest BCUT2D eigenvalue weighted by Gasteiger charge is 2.32. The van der Waals surface area contributed by atoms with Gasteiger partial charge in [0.25, 0.3) is 0 Å². The van der Waals surface area contributed by atoms with Crippen molar-refractivity contribution in [2.24, 2.45) is 17.1 Å². The minimum absolute atomic E-state index is 0.149. The van der Waals surface area contributed by atoms with Gasteiger partial charge >= 0.3 is 0 Å². The van der Waals surface area contributed by atoms with E-state index in [1.54, 1.807) is 0 Å². The van der Waals surface area contributed by atoms with Crippen LogP contribution in [0.25, 0.3) is 0 Å². The minimum atomic E-state index is 0.149. The van der Waals surface area contributed by atoms with Crippen LogP contribution >= 0.6 is 0 Å². The fourth-order valence-electron chi connectivity index (χ4n) is 2.82. The van der Waals surface area contributed by atoms with Crippen LogP contribution in [0.1, 0.15) is 52.4 Å². The zero-order chi connectivity index (χ0) is 11.6. The molecule has 2 aliphatic rings. The van der Waals surface area contributed by atoms with Crippen LogP contribution in [0, 0.1) is 11.3 Å². The first kappa shape index (κ1) is 12.0. The van der Waals surface area contributed by atoms with Gasteiger partial charge in [0, 0.05) is 0 Å². The van der Waals surface area contributed by atoms with Gasteiger partial charge < -0.3 is 10.5 Å². The predicted octanol–water partition coefficient (Wildman–Crippen LogP) is 3.22. The molecule has 1 heterocycles. The summed E-state index contributed by atoms with van der Waals surface area (Å²) in [7, 11) is 0. The Kier molecular flexibility index (Phi) is 3.58. The van der Waals surface area contributed by atoms with E-state index in [-0.39, 0.29) is 6.04 Å². The number of hydrogen-bond acceptors (Lipinski definition) is 2. The zero-order valence-electron chi connectivity index (χ0n) is 10.7. The monoisotopic (exact) mass is 223 g/mol. The van der Waals surface area contributed by atoms with Crippen molar-refractivity contribution in [3.05, 3.63) is 11.8 Å². The fraction of sp³-hybridized carbons (Fsp3) is 0.857. The first-order valence-electron chi connectivity index (χ1n) is 6.67. The molecule has 1 fully saturated rings. The molecule has 0 bridgehead atoms. The molecule has 0 radical (unpaired) electrons. The van der Waals surface area contributed by atoms with Gasteiger partial charge in [0.15, 0.2) is 0 Å². The van der Waals surface area contributed by atoms with Crippen molar-refractivity contribution < 1.29 is 4.74 Å². The molecule has 0 aromatic heterocycles. The summed E-state index contributed by atoms with van der Waals surface area (Å²) in [4.78, 5) is 0. The first-order valence-corrected chi connectivity index (χ1v) is 6.67. The van der Waals surface area contributed by atoms with Crippen molar-refractivity contribution in [3.63, 3.8) is 0 Å². The molecule has 2 nitrogen and oxygen atoms in total. The second-order valence-corrected chi connectivity index (χ2v) is 6.12. The van der Waals surface area contributed by atoms with Crippen LogP contribution in [-0.4, -0.2) is 12.6 Å². The third-order valence-corrected chi connectivity index (χ3v) is 4.18. The van der Waals surface area contributed by atoms with E-state index in [1.807, 2.05) is 0 Å². The molecule has 1 unspecified atom stereocenters. The zero-order valence-corrected chi connectivity index (χ0v) is 10.7. The number of nitrogens with two attached hydrogens (primary N) is 1. The van der Waals surface area contributed by atoms with E-state index in [2.05, 4.69) is 19.9 Å². The maximum Gasteiger partial charge on any atom is 0.109 e. The lowest BCUT2D eigenvalue weighted by atomic mass is 9.71. The molecule has 0 aromatic rings. The molecule has 0 amide bonds. The lowest BCUT2D eigenvalue weighted by Crippen LogP contribution is -2.37. The van der Waals surface area contributed by atoms with E-state index >= 15 is 0 Å². The highest BCUT2D eigenvalue weighted by atomic mass is 16.5. The molecule has 0 aromatic carbocycles. The maximum atomic E-state index is 6.32. The molecule has 1 aliphatic heterocycles. The molecule has 1 saturated carbocycles. The number of allylic oxidation sites excluding steroid dienone is 1. The van der Waals surface area contributed by atoms with E-state index < -0.39 is 0 Å². The Morgan fingerprint density at radius 3 is 2.62 bits per heavy atom. The molecule has 1 aliphatic carbocycles. The molecule has 0 saturated heterocycles. The Labute approximate surface area is 99.2 Å². The summed E-state index contributed by atoms with van der Waals surface area (Å²) in [6.45, 7) is 5.59. The summed E-state index contributed by atoms with van der Waals surface area (Å²) in [5.41, 5.74) is 6.84. The molecule has 92 valence electrons. The normalized spacial score (nSPS) is 28.1. The Morgan fingerprint density at radius 2 is 2.06 bits per heavy atom. The van der Waals surface area contributed by atoms with Crippen LogP contribution in [0.4, 0.5) is 0 Å². The van der Waals surface area contributed by atoms with Gasteiger partial charge in [0.05, 0.1) is 12.6 Å². The van der Waals surface area contributed by atoms with Gasteiger partial charge in [-0.1, -0.05) is 13.8 Å². The molecule has 2 N–H and O–H groups in total. The summed E-state index contributed by atoms with van der Waals surface area (Å²) in [6, 6.07) is 0.149. The summed E-state index contributed by atoms with van der Waals surface area (Å²) in [5.74, 6) is 1.70. The molecule has 0 spiro atoms. The van der Waals surface area contributed by atoms with Gasteiger partial charge in [-0.15, -0.1) is 0 Å². The maximum absolute atomic E-state index is 6.32. The van der Waals surface area contributed by atoms with Crippen molar-refractivity contribution in [3.8, 4) is 0 Å².